The fraction of sp³-hybridized carbons (Fsp3) is 0.300. The molecule has 1 atom stereocenters. The number of nitrogens with zero attached hydrogens (tertiary/aromatic N) is 1. The molecule has 0 aliphatic rings. The zero-order valence-electron chi connectivity index (χ0n) is 7.62. The lowest BCUT2D eigenvalue weighted by Gasteiger charge is -2.10. The van der Waals surface area contributed by atoms with Gasteiger partial charge in [-0.25, -0.2) is 0 Å². The summed E-state index contributed by atoms with van der Waals surface area (Å²) in [5, 5.41) is 8.83. The molecule has 0 aliphatic heterocycles. The Bertz CT molecular complexity index is 339. The van der Waals surface area contributed by atoms with Crippen LogP contribution in [0.4, 0.5) is 5.69 Å². The first-order chi connectivity index (χ1) is 6.19. The van der Waals surface area contributed by atoms with Crippen LogP contribution in [0.25, 0.3) is 0 Å². The summed E-state index contributed by atoms with van der Waals surface area (Å²) in [4.78, 5) is 0. The van der Waals surface area contributed by atoms with E-state index < -0.39 is 0 Å². The number of hydrogen-bond acceptors (Lipinski definition) is 3. The first-order valence-corrected chi connectivity index (χ1v) is 4.24. The van der Waals surface area contributed by atoms with Crippen LogP contribution in [0, 0.1) is 11.3 Å². The maximum Gasteiger partial charge on any atom is 0.0995 e. The molecular formula is C10H13N3. The van der Waals surface area contributed by atoms with Gasteiger partial charge in [0.1, 0.15) is 0 Å². The largest absolute Gasteiger partial charge is 0.399 e. The molecule has 0 saturated carbocycles. The smallest absolute Gasteiger partial charge is 0.0995 e. The van der Waals surface area contributed by atoms with Crippen LogP contribution < -0.4 is 11.5 Å². The van der Waals surface area contributed by atoms with Crippen molar-refractivity contribution in [1.29, 1.82) is 5.26 Å². The van der Waals surface area contributed by atoms with Crippen LogP contribution in [0.3, 0.4) is 0 Å². The molecular weight excluding hydrogens is 162 g/mol. The van der Waals surface area contributed by atoms with E-state index in [0.29, 0.717) is 11.3 Å². The fourth-order valence-corrected chi connectivity index (χ4v) is 1.21. The van der Waals surface area contributed by atoms with Crippen molar-refractivity contribution >= 4 is 5.69 Å². The van der Waals surface area contributed by atoms with Gasteiger partial charge in [-0.15, -0.1) is 0 Å². The average Bonchev–Trinajstić information content (AvgIpc) is 2.16. The Hall–Kier alpha value is -1.53. The number of rotatable bonds is 2. The lowest BCUT2D eigenvalue weighted by atomic mass is 9.99. The van der Waals surface area contributed by atoms with Crippen LogP contribution in [0.15, 0.2) is 18.2 Å². The molecule has 0 bridgehead atoms. The zero-order valence-corrected chi connectivity index (χ0v) is 7.62. The second-order valence-electron chi connectivity index (χ2n) is 2.97. The Morgan fingerprint density at radius 3 is 2.77 bits per heavy atom. The molecule has 68 valence electrons. The topological polar surface area (TPSA) is 75.8 Å². The summed E-state index contributed by atoms with van der Waals surface area (Å²) in [5.41, 5.74) is 13.4. The summed E-state index contributed by atoms with van der Waals surface area (Å²) >= 11 is 0. The summed E-state index contributed by atoms with van der Waals surface area (Å²) in [7, 11) is 0. The van der Waals surface area contributed by atoms with E-state index in [2.05, 4.69) is 6.07 Å². The number of anilines is 1. The molecule has 0 spiro atoms. The molecule has 0 radical (unpaired) electrons. The van der Waals surface area contributed by atoms with Gasteiger partial charge in [0.15, 0.2) is 0 Å². The molecule has 1 aromatic rings. The minimum Gasteiger partial charge on any atom is -0.399 e. The summed E-state index contributed by atoms with van der Waals surface area (Å²) in [6.45, 7) is 1.99. The van der Waals surface area contributed by atoms with E-state index in [-0.39, 0.29) is 6.04 Å². The predicted molar refractivity (Wildman–Crippen MR) is 52.8 cm³/mol. The highest BCUT2D eigenvalue weighted by Crippen LogP contribution is 2.20. The number of benzene rings is 1. The number of hydrogen-bond donors (Lipinski definition) is 2. The molecule has 0 aromatic heterocycles. The Kier molecular flexibility index (Phi) is 2.88. The van der Waals surface area contributed by atoms with E-state index in [0.717, 1.165) is 12.0 Å². The maximum absolute atomic E-state index is 8.83. The first kappa shape index (κ1) is 9.56. The highest BCUT2D eigenvalue weighted by atomic mass is 14.6. The lowest BCUT2D eigenvalue weighted by molar-refractivity contribution is 0.697. The van der Waals surface area contributed by atoms with Gasteiger partial charge in [-0.2, -0.15) is 5.26 Å². The monoisotopic (exact) mass is 175 g/mol. The third kappa shape index (κ3) is 1.98. The second kappa shape index (κ2) is 3.92. The third-order valence-corrected chi connectivity index (χ3v) is 2.04. The van der Waals surface area contributed by atoms with Crippen LogP contribution in [-0.2, 0) is 0 Å². The predicted octanol–water partition coefficient (Wildman–Crippen LogP) is 1.55. The molecule has 3 nitrogen and oxygen atoms in total. The molecule has 0 aliphatic carbocycles. The van der Waals surface area contributed by atoms with Crippen molar-refractivity contribution in [3.63, 3.8) is 0 Å². The summed E-state index contributed by atoms with van der Waals surface area (Å²) in [5.74, 6) is 0. The molecule has 1 rings (SSSR count). The molecule has 3 heteroatoms. The Morgan fingerprint density at radius 2 is 2.23 bits per heavy atom. The molecule has 1 aromatic carbocycles. The van der Waals surface area contributed by atoms with E-state index in [1.807, 2.05) is 13.0 Å². The van der Waals surface area contributed by atoms with Gasteiger partial charge in [-0.05, 0) is 24.1 Å². The molecule has 0 saturated heterocycles. The highest BCUT2D eigenvalue weighted by Gasteiger charge is 2.08. The highest BCUT2D eigenvalue weighted by molar-refractivity contribution is 5.50. The summed E-state index contributed by atoms with van der Waals surface area (Å²) < 4.78 is 0. The quantitative estimate of drug-likeness (QED) is 0.669. The van der Waals surface area contributed by atoms with Crippen LogP contribution in [-0.4, -0.2) is 0 Å². The summed E-state index contributed by atoms with van der Waals surface area (Å²) in [6.07, 6.45) is 0.818. The fourth-order valence-electron chi connectivity index (χ4n) is 1.21. The normalized spacial score (nSPS) is 12.1. The van der Waals surface area contributed by atoms with Crippen molar-refractivity contribution < 1.29 is 0 Å². The standard InChI is InChI=1S/C10H13N3/c1-2-10(13)9-4-3-8(12)5-7(9)6-11/h3-5,10H,2,12-13H2,1H3/t10-/m0/s1. The minimum absolute atomic E-state index is 0.0738. The number of nitrogens with two attached hydrogens (primary N) is 2. The van der Waals surface area contributed by atoms with E-state index in [4.69, 9.17) is 16.7 Å². The van der Waals surface area contributed by atoms with Gasteiger partial charge in [0.05, 0.1) is 11.6 Å². The van der Waals surface area contributed by atoms with Gasteiger partial charge in [-0.1, -0.05) is 13.0 Å². The van der Waals surface area contributed by atoms with Gasteiger partial charge in [0, 0.05) is 11.7 Å². The van der Waals surface area contributed by atoms with E-state index >= 15 is 0 Å². The Labute approximate surface area is 78.0 Å². The van der Waals surface area contributed by atoms with Crippen molar-refractivity contribution in [2.45, 2.75) is 19.4 Å². The number of nitriles is 1. The Morgan fingerprint density at radius 1 is 1.54 bits per heavy atom. The van der Waals surface area contributed by atoms with Crippen molar-refractivity contribution in [1.82, 2.24) is 0 Å². The molecule has 0 heterocycles. The van der Waals surface area contributed by atoms with Crippen LogP contribution >= 0.6 is 0 Å². The van der Waals surface area contributed by atoms with Gasteiger partial charge < -0.3 is 11.5 Å². The molecule has 0 amide bonds. The Balaban J connectivity index is 3.15. The van der Waals surface area contributed by atoms with Crippen LogP contribution in [0.5, 0.6) is 0 Å². The molecule has 0 fully saturated rings. The number of nitrogen functional groups attached to an aromatic ring is 1. The van der Waals surface area contributed by atoms with Crippen molar-refractivity contribution in [2.24, 2.45) is 5.73 Å². The van der Waals surface area contributed by atoms with E-state index in [9.17, 15) is 0 Å². The first-order valence-electron chi connectivity index (χ1n) is 4.24. The second-order valence-corrected chi connectivity index (χ2v) is 2.97. The minimum atomic E-state index is -0.0738. The van der Waals surface area contributed by atoms with E-state index in [1.165, 1.54) is 0 Å². The van der Waals surface area contributed by atoms with E-state index in [1.54, 1.807) is 12.1 Å². The average molecular weight is 175 g/mol. The zero-order chi connectivity index (χ0) is 9.84. The molecule has 13 heavy (non-hydrogen) atoms. The van der Waals surface area contributed by atoms with Crippen molar-refractivity contribution in [3.05, 3.63) is 29.3 Å². The molecule has 0 unspecified atom stereocenters. The van der Waals surface area contributed by atoms with Crippen LogP contribution in [0.2, 0.25) is 0 Å². The third-order valence-electron chi connectivity index (χ3n) is 2.04. The van der Waals surface area contributed by atoms with Gasteiger partial charge in [0.25, 0.3) is 0 Å². The van der Waals surface area contributed by atoms with Gasteiger partial charge >= 0.3 is 0 Å². The van der Waals surface area contributed by atoms with Crippen LogP contribution in [0.1, 0.15) is 30.5 Å². The van der Waals surface area contributed by atoms with Crippen molar-refractivity contribution in [2.75, 3.05) is 5.73 Å². The van der Waals surface area contributed by atoms with Gasteiger partial charge in [-0.3, -0.25) is 0 Å². The SMILES string of the molecule is CC[C@H](N)c1ccc(N)cc1C#N. The summed E-state index contributed by atoms with van der Waals surface area (Å²) in [6, 6.07) is 7.27. The van der Waals surface area contributed by atoms with Gasteiger partial charge in [0.2, 0.25) is 0 Å². The maximum atomic E-state index is 8.83. The molecule has 4 N–H and O–H groups in total. The lowest BCUT2D eigenvalue weighted by Crippen LogP contribution is -2.10. The van der Waals surface area contributed by atoms with Crippen molar-refractivity contribution in [3.8, 4) is 6.07 Å².